The summed E-state index contributed by atoms with van der Waals surface area (Å²) in [6, 6.07) is 14.4. The smallest absolute Gasteiger partial charge is 0.189 e. The first-order chi connectivity index (χ1) is 11.1. The number of halogens is 1. The molecule has 3 N–H and O–H groups in total. The zero-order valence-electron chi connectivity index (χ0n) is 13.1. The zero-order chi connectivity index (χ0) is 16.2. The van der Waals surface area contributed by atoms with Gasteiger partial charge >= 0.3 is 0 Å². The number of nitrogens with zero attached hydrogens (tertiary/aromatic N) is 1. The van der Waals surface area contributed by atoms with E-state index in [2.05, 4.69) is 51.4 Å². The summed E-state index contributed by atoms with van der Waals surface area (Å²) in [5.41, 5.74) is 9.59. The van der Waals surface area contributed by atoms with E-state index < -0.39 is 0 Å². The van der Waals surface area contributed by atoms with Crippen LogP contribution < -0.4 is 15.8 Å². The molecule has 2 aromatic rings. The van der Waals surface area contributed by atoms with Gasteiger partial charge in [0.05, 0.1) is 19.2 Å². The van der Waals surface area contributed by atoms with E-state index in [1.807, 2.05) is 24.3 Å². The van der Waals surface area contributed by atoms with Gasteiger partial charge in [0.15, 0.2) is 5.96 Å². The number of fused-ring (bicyclic) bond motifs is 1. The third-order valence-electron chi connectivity index (χ3n) is 4.01. The molecule has 0 aliphatic carbocycles. The predicted octanol–water partition coefficient (Wildman–Crippen LogP) is 3.69. The molecule has 0 aromatic heterocycles. The van der Waals surface area contributed by atoms with E-state index in [0.29, 0.717) is 19.1 Å². The van der Waals surface area contributed by atoms with Crippen molar-refractivity contribution in [2.24, 2.45) is 10.7 Å². The van der Waals surface area contributed by atoms with Crippen LogP contribution in [0.15, 0.2) is 51.9 Å². The molecule has 0 bridgehead atoms. The first-order valence-corrected chi connectivity index (χ1v) is 8.46. The Hall–Kier alpha value is -2.01. The lowest BCUT2D eigenvalue weighted by Gasteiger charge is -2.26. The molecular weight excluding hydrogens is 354 g/mol. The maximum Gasteiger partial charge on any atom is 0.189 e. The standard InChI is InChI=1S/C18H20BrN3O/c1-12-10-14(19)7-6-13(12)11-21-18(20)22-16-8-9-23-17-5-3-2-4-15(16)17/h2-7,10,16H,8-9,11H2,1H3,(H3,20,21,22). The molecule has 0 amide bonds. The van der Waals surface area contributed by atoms with Crippen LogP contribution in [0.4, 0.5) is 0 Å². The second kappa shape index (κ2) is 7.04. The lowest BCUT2D eigenvalue weighted by Crippen LogP contribution is -2.37. The van der Waals surface area contributed by atoms with E-state index >= 15 is 0 Å². The highest BCUT2D eigenvalue weighted by molar-refractivity contribution is 9.10. The van der Waals surface area contributed by atoms with Crippen LogP contribution in [0, 0.1) is 6.92 Å². The van der Waals surface area contributed by atoms with E-state index in [-0.39, 0.29) is 6.04 Å². The van der Waals surface area contributed by atoms with Crippen molar-refractivity contribution >= 4 is 21.9 Å². The van der Waals surface area contributed by atoms with Crippen LogP contribution in [0.1, 0.15) is 29.2 Å². The van der Waals surface area contributed by atoms with Crippen LogP contribution >= 0.6 is 15.9 Å². The van der Waals surface area contributed by atoms with Gasteiger partial charge in [-0.25, -0.2) is 4.99 Å². The molecular formula is C18H20BrN3O. The van der Waals surface area contributed by atoms with Crippen LogP contribution in [0.2, 0.25) is 0 Å². The number of hydrogen-bond donors (Lipinski definition) is 2. The Bertz CT molecular complexity index is 730. The third-order valence-corrected chi connectivity index (χ3v) is 4.50. The average Bonchev–Trinajstić information content (AvgIpc) is 2.54. The zero-order valence-corrected chi connectivity index (χ0v) is 14.6. The Kier molecular flexibility index (Phi) is 4.86. The summed E-state index contributed by atoms with van der Waals surface area (Å²) in [6.07, 6.45) is 0.880. The van der Waals surface area contributed by atoms with E-state index in [4.69, 9.17) is 10.5 Å². The summed E-state index contributed by atoms with van der Waals surface area (Å²) in [5, 5.41) is 3.31. The molecule has 5 heteroatoms. The van der Waals surface area contributed by atoms with Crippen molar-refractivity contribution in [3.8, 4) is 5.75 Å². The lowest BCUT2D eigenvalue weighted by atomic mass is 10.0. The fourth-order valence-electron chi connectivity index (χ4n) is 2.72. The van der Waals surface area contributed by atoms with E-state index in [0.717, 1.165) is 22.2 Å². The number of guanidine groups is 1. The Morgan fingerprint density at radius 2 is 2.17 bits per heavy atom. The molecule has 0 radical (unpaired) electrons. The quantitative estimate of drug-likeness (QED) is 0.637. The SMILES string of the molecule is Cc1cc(Br)ccc1CN=C(N)NC1CCOc2ccccc21. The molecule has 0 saturated carbocycles. The number of hydrogen-bond acceptors (Lipinski definition) is 2. The number of aliphatic imine (C=N–C) groups is 1. The highest BCUT2D eigenvalue weighted by Crippen LogP contribution is 2.31. The molecule has 1 unspecified atom stereocenters. The van der Waals surface area contributed by atoms with Gasteiger partial charge in [0.1, 0.15) is 5.75 Å². The normalized spacial score (nSPS) is 17.3. The summed E-state index contributed by atoms with van der Waals surface area (Å²) >= 11 is 3.47. The average molecular weight is 374 g/mol. The number of ether oxygens (including phenoxy) is 1. The van der Waals surface area contributed by atoms with Gasteiger partial charge in [-0.2, -0.15) is 0 Å². The van der Waals surface area contributed by atoms with Crippen molar-refractivity contribution in [2.45, 2.75) is 25.9 Å². The summed E-state index contributed by atoms with van der Waals surface area (Å²) in [7, 11) is 0. The predicted molar refractivity (Wildman–Crippen MR) is 96.6 cm³/mol. The van der Waals surface area contributed by atoms with Crippen LogP contribution in [0.3, 0.4) is 0 Å². The van der Waals surface area contributed by atoms with Crippen molar-refractivity contribution in [2.75, 3.05) is 6.61 Å². The number of benzene rings is 2. The largest absolute Gasteiger partial charge is 0.493 e. The molecule has 1 aliphatic rings. The highest BCUT2D eigenvalue weighted by Gasteiger charge is 2.21. The van der Waals surface area contributed by atoms with Gasteiger partial charge in [0.2, 0.25) is 0 Å². The molecule has 23 heavy (non-hydrogen) atoms. The Balaban J connectivity index is 1.68. The molecule has 4 nitrogen and oxygen atoms in total. The summed E-state index contributed by atoms with van der Waals surface area (Å²) in [4.78, 5) is 4.48. The number of aryl methyl sites for hydroxylation is 1. The van der Waals surface area contributed by atoms with Gasteiger partial charge in [0, 0.05) is 16.5 Å². The maximum atomic E-state index is 6.08. The van der Waals surface area contributed by atoms with Crippen molar-refractivity contribution in [1.82, 2.24) is 5.32 Å². The summed E-state index contributed by atoms with van der Waals surface area (Å²) in [6.45, 7) is 3.34. The molecule has 2 aromatic carbocycles. The second-order valence-corrected chi connectivity index (χ2v) is 6.56. The molecule has 120 valence electrons. The van der Waals surface area contributed by atoms with Crippen LogP contribution in [-0.4, -0.2) is 12.6 Å². The molecule has 1 aliphatic heterocycles. The van der Waals surface area contributed by atoms with Crippen molar-refractivity contribution < 1.29 is 4.74 Å². The number of nitrogens with two attached hydrogens (primary N) is 1. The monoisotopic (exact) mass is 373 g/mol. The number of rotatable bonds is 3. The van der Waals surface area contributed by atoms with Crippen LogP contribution in [0.25, 0.3) is 0 Å². The summed E-state index contributed by atoms with van der Waals surface area (Å²) in [5.74, 6) is 1.39. The first kappa shape index (κ1) is 15.9. The fraction of sp³-hybridized carbons (Fsp3) is 0.278. The van der Waals surface area contributed by atoms with Crippen LogP contribution in [0.5, 0.6) is 5.75 Å². The first-order valence-electron chi connectivity index (χ1n) is 7.66. The van der Waals surface area contributed by atoms with Crippen molar-refractivity contribution in [3.63, 3.8) is 0 Å². The topological polar surface area (TPSA) is 59.6 Å². The van der Waals surface area contributed by atoms with Crippen molar-refractivity contribution in [3.05, 3.63) is 63.6 Å². The summed E-state index contributed by atoms with van der Waals surface area (Å²) < 4.78 is 6.74. The second-order valence-electron chi connectivity index (χ2n) is 5.64. The highest BCUT2D eigenvalue weighted by atomic mass is 79.9. The number of para-hydroxylation sites is 1. The van der Waals surface area contributed by atoms with E-state index in [9.17, 15) is 0 Å². The van der Waals surface area contributed by atoms with Gasteiger partial charge < -0.3 is 15.8 Å². The van der Waals surface area contributed by atoms with E-state index in [1.165, 1.54) is 11.1 Å². The van der Waals surface area contributed by atoms with Gasteiger partial charge in [-0.3, -0.25) is 0 Å². The number of nitrogens with one attached hydrogen (secondary N) is 1. The van der Waals surface area contributed by atoms with Crippen molar-refractivity contribution in [1.29, 1.82) is 0 Å². The van der Waals surface area contributed by atoms with Gasteiger partial charge in [0.25, 0.3) is 0 Å². The molecule has 0 saturated heterocycles. The molecule has 0 spiro atoms. The van der Waals surface area contributed by atoms with Crippen LogP contribution in [-0.2, 0) is 6.54 Å². The van der Waals surface area contributed by atoms with Gasteiger partial charge in [-0.1, -0.05) is 40.2 Å². The molecule has 1 atom stereocenters. The fourth-order valence-corrected chi connectivity index (χ4v) is 3.20. The minimum absolute atomic E-state index is 0.148. The maximum absolute atomic E-state index is 6.08. The molecule has 1 heterocycles. The Labute approximate surface area is 144 Å². The lowest BCUT2D eigenvalue weighted by molar-refractivity contribution is 0.262. The molecule has 0 fully saturated rings. The van der Waals surface area contributed by atoms with Gasteiger partial charge in [-0.05, 0) is 36.2 Å². The Morgan fingerprint density at radius 3 is 3.00 bits per heavy atom. The van der Waals surface area contributed by atoms with Gasteiger partial charge in [-0.15, -0.1) is 0 Å². The minimum Gasteiger partial charge on any atom is -0.493 e. The molecule has 3 rings (SSSR count). The van der Waals surface area contributed by atoms with E-state index in [1.54, 1.807) is 0 Å². The Morgan fingerprint density at radius 1 is 1.35 bits per heavy atom. The third kappa shape index (κ3) is 3.85. The minimum atomic E-state index is 0.148.